The van der Waals surface area contributed by atoms with Gasteiger partial charge in [0, 0.05) is 12.4 Å². The second-order valence-electron chi connectivity index (χ2n) is 11.2. The van der Waals surface area contributed by atoms with Crippen molar-refractivity contribution in [2.75, 3.05) is 0 Å². The maximum atomic E-state index is 4.38. The summed E-state index contributed by atoms with van der Waals surface area (Å²) in [6.07, 6.45) is 14.5. The van der Waals surface area contributed by atoms with Gasteiger partial charge in [0.05, 0.1) is 21.0 Å². The largest absolute Gasteiger partial charge is 0.327 e. The Labute approximate surface area is 249 Å². The van der Waals surface area contributed by atoms with Gasteiger partial charge in [0.25, 0.3) is 0 Å². The molecular weight excluding hydrogens is 511 g/mol. The second-order valence-corrected chi connectivity index (χ2v) is 13.9. The van der Waals surface area contributed by atoms with Crippen LogP contribution in [0.25, 0.3) is 0 Å². The molecule has 1 unspecified atom stereocenters. The lowest BCUT2D eigenvalue weighted by Crippen LogP contribution is -2.43. The molecule has 4 aromatic carbocycles. The first-order valence-electron chi connectivity index (χ1n) is 15.1. The number of imidazole rings is 1. The molecule has 0 saturated heterocycles. The lowest BCUT2D eigenvalue weighted by Gasteiger charge is -2.38. The van der Waals surface area contributed by atoms with Gasteiger partial charge in [-0.1, -0.05) is 177 Å². The van der Waals surface area contributed by atoms with Crippen molar-refractivity contribution in [3.63, 3.8) is 0 Å². The van der Waals surface area contributed by atoms with E-state index in [1.165, 1.54) is 34.9 Å². The van der Waals surface area contributed by atoms with Crippen LogP contribution in [0.5, 0.6) is 0 Å². The lowest BCUT2D eigenvalue weighted by molar-refractivity contribution is 0.587. The van der Waals surface area contributed by atoms with Crippen LogP contribution in [-0.2, 0) is 5.16 Å². The van der Waals surface area contributed by atoms with Crippen molar-refractivity contribution in [3.8, 4) is 0 Å². The van der Waals surface area contributed by atoms with Crippen LogP contribution in [0.3, 0.4) is 0 Å². The highest BCUT2D eigenvalue weighted by atomic mass is 28.2. The normalized spacial score (nSPS) is 14.1. The van der Waals surface area contributed by atoms with Gasteiger partial charge in [0.1, 0.15) is 0 Å². The van der Waals surface area contributed by atoms with Crippen LogP contribution >= 0.6 is 0 Å². The Morgan fingerprint density at radius 3 is 1.71 bits per heavy atom. The molecule has 0 radical (unpaired) electrons. The van der Waals surface area contributed by atoms with E-state index in [4.69, 9.17) is 0 Å². The predicted molar refractivity (Wildman–Crippen MR) is 180 cm³/mol. The molecular formula is C37H41BN2Si. The van der Waals surface area contributed by atoms with Crippen LogP contribution in [0.2, 0.25) is 11.4 Å². The molecule has 6 rings (SSSR count). The van der Waals surface area contributed by atoms with Crippen molar-refractivity contribution in [2.45, 2.75) is 49.6 Å². The van der Waals surface area contributed by atoms with E-state index >= 15 is 0 Å². The summed E-state index contributed by atoms with van der Waals surface area (Å²) in [6, 6.07) is 43.6. The minimum absolute atomic E-state index is 0.128. The Morgan fingerprint density at radius 2 is 1.29 bits per heavy atom. The van der Waals surface area contributed by atoms with Gasteiger partial charge < -0.3 is 4.57 Å². The fourth-order valence-electron chi connectivity index (χ4n) is 6.11. The standard InChI is InChI=1S/C22H26N2Si.C15H15B/c1-3-4-11-19(2)25-22(24-17-16-23-18-24,20-12-7-5-8-13-20)21-14-9-6-10-15-21;1-3-7-13(8-4-1)16(15-11-12-15)14-9-5-2-6-10-14/h4-19H,3,25H2,1-2H3;1-10,15H,11-12H2. The molecule has 0 bridgehead atoms. The Balaban J connectivity index is 0.000000181. The molecule has 1 aliphatic rings. The quantitative estimate of drug-likeness (QED) is 0.134. The number of rotatable bonds is 10. The average molecular weight is 553 g/mol. The maximum Gasteiger partial charge on any atom is 0.212 e. The van der Waals surface area contributed by atoms with Gasteiger partial charge in [0.15, 0.2) is 0 Å². The summed E-state index contributed by atoms with van der Waals surface area (Å²) in [4.78, 5) is 4.38. The molecule has 2 nitrogen and oxygen atoms in total. The SMILES string of the molecule is CCC=CC(C)[SiH2]C(c1ccccc1)(c1ccccc1)n1ccnc1.c1ccc(B(c2ccccc2)C2CC2)cc1. The first-order chi connectivity index (χ1) is 20.2. The van der Waals surface area contributed by atoms with Gasteiger partial charge in [-0.15, -0.1) is 0 Å². The first kappa shape index (κ1) is 28.6. The van der Waals surface area contributed by atoms with Crippen molar-refractivity contribution < 1.29 is 0 Å². The van der Waals surface area contributed by atoms with Crippen LogP contribution < -0.4 is 10.9 Å². The highest BCUT2D eigenvalue weighted by molar-refractivity contribution is 6.86. The van der Waals surface area contributed by atoms with E-state index in [9.17, 15) is 0 Å². The molecule has 0 N–H and O–H groups in total. The molecule has 5 aromatic rings. The maximum absolute atomic E-state index is 4.38. The van der Waals surface area contributed by atoms with E-state index in [1.54, 1.807) is 0 Å². The summed E-state index contributed by atoms with van der Waals surface area (Å²) >= 11 is 0. The number of allylic oxidation sites excluding steroid dienone is 2. The molecule has 1 atom stereocenters. The van der Waals surface area contributed by atoms with E-state index in [0.717, 1.165) is 12.2 Å². The zero-order chi connectivity index (χ0) is 28.3. The van der Waals surface area contributed by atoms with Crippen LogP contribution in [0.4, 0.5) is 0 Å². The van der Waals surface area contributed by atoms with Gasteiger partial charge in [-0.3, -0.25) is 0 Å². The number of benzene rings is 4. The third-order valence-electron chi connectivity index (χ3n) is 8.18. The Bertz CT molecular complexity index is 1370. The number of aromatic nitrogens is 2. The molecule has 1 fully saturated rings. The lowest BCUT2D eigenvalue weighted by atomic mass is 9.37. The molecule has 0 amide bonds. The number of nitrogens with zero attached hydrogens (tertiary/aromatic N) is 2. The molecule has 0 aliphatic heterocycles. The van der Waals surface area contributed by atoms with Crippen molar-refractivity contribution >= 4 is 27.2 Å². The first-order valence-corrected chi connectivity index (χ1v) is 16.6. The predicted octanol–water partition coefficient (Wildman–Crippen LogP) is 7.04. The smallest absolute Gasteiger partial charge is 0.212 e. The Kier molecular flexibility index (Phi) is 9.88. The molecule has 0 spiro atoms. The zero-order valence-electron chi connectivity index (χ0n) is 24.4. The second kappa shape index (κ2) is 14.1. The highest BCUT2D eigenvalue weighted by Crippen LogP contribution is 2.39. The molecule has 1 aromatic heterocycles. The fraction of sp³-hybridized carbons (Fsp3) is 0.216. The fourth-order valence-corrected chi connectivity index (χ4v) is 8.71. The summed E-state index contributed by atoms with van der Waals surface area (Å²) in [6.45, 7) is 5.17. The van der Waals surface area contributed by atoms with Crippen molar-refractivity contribution in [2.24, 2.45) is 0 Å². The highest BCUT2D eigenvalue weighted by Gasteiger charge is 2.37. The minimum atomic E-state index is -0.607. The van der Waals surface area contributed by atoms with E-state index in [0.29, 0.717) is 12.3 Å². The van der Waals surface area contributed by atoms with Crippen LogP contribution in [0.1, 0.15) is 44.2 Å². The van der Waals surface area contributed by atoms with Crippen LogP contribution in [-0.4, -0.2) is 25.8 Å². The number of hydrogen-bond donors (Lipinski definition) is 0. The van der Waals surface area contributed by atoms with Crippen molar-refractivity contribution in [1.29, 1.82) is 0 Å². The van der Waals surface area contributed by atoms with E-state index < -0.39 is 9.52 Å². The summed E-state index contributed by atoms with van der Waals surface area (Å²) < 4.78 is 2.32. The third-order valence-corrected chi connectivity index (χ3v) is 10.9. The monoisotopic (exact) mass is 552 g/mol. The van der Waals surface area contributed by atoms with Crippen LogP contribution in [0, 0.1) is 0 Å². The van der Waals surface area contributed by atoms with Gasteiger partial charge in [-0.05, 0) is 23.1 Å². The summed E-state index contributed by atoms with van der Waals surface area (Å²) in [5, 5.41) is -0.128. The van der Waals surface area contributed by atoms with Gasteiger partial charge in [-0.25, -0.2) is 4.98 Å². The number of hydrogen-bond acceptors (Lipinski definition) is 1. The van der Waals surface area contributed by atoms with Crippen molar-refractivity contribution in [1.82, 2.24) is 9.55 Å². The summed E-state index contributed by atoms with van der Waals surface area (Å²) in [5.74, 6) is 0.866. The molecule has 1 aliphatic carbocycles. The molecule has 41 heavy (non-hydrogen) atoms. The van der Waals surface area contributed by atoms with Gasteiger partial charge in [-0.2, -0.15) is 0 Å². The van der Waals surface area contributed by atoms with Crippen molar-refractivity contribution in [3.05, 3.63) is 163 Å². The molecule has 1 saturated carbocycles. The molecule has 1 heterocycles. The third kappa shape index (κ3) is 7.07. The summed E-state index contributed by atoms with van der Waals surface area (Å²) in [7, 11) is -0.607. The molecule has 206 valence electrons. The van der Waals surface area contributed by atoms with Gasteiger partial charge >= 0.3 is 0 Å². The Hall–Kier alpha value is -3.89. The van der Waals surface area contributed by atoms with E-state index in [-0.39, 0.29) is 5.16 Å². The van der Waals surface area contributed by atoms with E-state index in [1.807, 2.05) is 12.5 Å². The summed E-state index contributed by atoms with van der Waals surface area (Å²) in [5.41, 5.74) is 6.22. The zero-order valence-corrected chi connectivity index (χ0v) is 25.8. The molecule has 4 heteroatoms. The van der Waals surface area contributed by atoms with Gasteiger partial charge in [0.2, 0.25) is 6.71 Å². The minimum Gasteiger partial charge on any atom is -0.327 e. The Morgan fingerprint density at radius 1 is 0.805 bits per heavy atom. The topological polar surface area (TPSA) is 17.8 Å². The van der Waals surface area contributed by atoms with E-state index in [2.05, 4.69) is 163 Å². The average Bonchev–Trinajstić information content (AvgIpc) is 3.71. The van der Waals surface area contributed by atoms with Crippen LogP contribution in [0.15, 0.2) is 152 Å².